The number of amides is 1. The van der Waals surface area contributed by atoms with Gasteiger partial charge in [0.1, 0.15) is 0 Å². The van der Waals surface area contributed by atoms with E-state index in [0.717, 1.165) is 36.9 Å². The molecule has 4 nitrogen and oxygen atoms in total. The van der Waals surface area contributed by atoms with Crippen LogP contribution in [-0.2, 0) is 4.79 Å². The highest BCUT2D eigenvalue weighted by Crippen LogP contribution is 2.23. The van der Waals surface area contributed by atoms with E-state index in [0.29, 0.717) is 0 Å². The molecule has 1 aliphatic rings. The molecular weight excluding hydrogens is 270 g/mol. The second kappa shape index (κ2) is 5.89. The highest BCUT2D eigenvalue weighted by atomic mass is 32.1. The van der Waals surface area contributed by atoms with Crippen molar-refractivity contribution < 1.29 is 4.79 Å². The zero-order valence-electron chi connectivity index (χ0n) is 11.6. The topological polar surface area (TPSA) is 54.0 Å². The van der Waals surface area contributed by atoms with E-state index < -0.39 is 0 Å². The molecule has 0 bridgehead atoms. The predicted molar refractivity (Wildman–Crippen MR) is 81.8 cm³/mol. The molecule has 2 atom stereocenters. The molecule has 0 aliphatic carbocycles. The molecule has 0 spiro atoms. The molecular formula is C15H19N3OS. The Morgan fingerprint density at radius 2 is 2.40 bits per heavy atom. The van der Waals surface area contributed by atoms with Crippen LogP contribution >= 0.6 is 11.3 Å². The zero-order valence-corrected chi connectivity index (χ0v) is 12.4. The van der Waals surface area contributed by atoms with Gasteiger partial charge in [-0.05, 0) is 49.3 Å². The van der Waals surface area contributed by atoms with Gasteiger partial charge in [-0.2, -0.15) is 0 Å². The standard InChI is InChI=1S/C15H19N3OS/c1-10(18-13-4-2-3-6-16-15(13)19)11-8-14-12(17-9-11)5-7-20-14/h5,7-10,13,18H,2-4,6H2,1H3,(H,16,19). The Morgan fingerprint density at radius 3 is 3.30 bits per heavy atom. The van der Waals surface area contributed by atoms with Crippen LogP contribution in [0.1, 0.15) is 37.8 Å². The molecule has 0 saturated carbocycles. The molecule has 1 aliphatic heterocycles. The van der Waals surface area contributed by atoms with Gasteiger partial charge in [0.25, 0.3) is 0 Å². The Hall–Kier alpha value is -1.46. The second-order valence-electron chi connectivity index (χ2n) is 5.30. The zero-order chi connectivity index (χ0) is 13.9. The molecule has 2 aromatic heterocycles. The van der Waals surface area contributed by atoms with Gasteiger partial charge in [0.15, 0.2) is 0 Å². The maximum Gasteiger partial charge on any atom is 0.237 e. The number of carbonyl (C=O) groups excluding carboxylic acids is 1. The number of thiophene rings is 1. The Bertz CT molecular complexity index is 610. The first-order valence-electron chi connectivity index (χ1n) is 7.11. The molecule has 0 aromatic carbocycles. The van der Waals surface area contributed by atoms with Crippen molar-refractivity contribution in [1.82, 2.24) is 15.6 Å². The Balaban J connectivity index is 1.74. The maximum atomic E-state index is 12.0. The summed E-state index contributed by atoms with van der Waals surface area (Å²) in [6.07, 6.45) is 4.97. The lowest BCUT2D eigenvalue weighted by atomic mass is 10.1. The lowest BCUT2D eigenvalue weighted by Crippen LogP contribution is -2.43. The number of hydrogen-bond donors (Lipinski definition) is 2. The lowest BCUT2D eigenvalue weighted by Gasteiger charge is -2.21. The van der Waals surface area contributed by atoms with Crippen molar-refractivity contribution in [1.29, 1.82) is 0 Å². The van der Waals surface area contributed by atoms with E-state index in [2.05, 4.69) is 34.0 Å². The van der Waals surface area contributed by atoms with Crippen molar-refractivity contribution in [2.75, 3.05) is 6.54 Å². The van der Waals surface area contributed by atoms with Crippen molar-refractivity contribution >= 4 is 27.5 Å². The highest BCUT2D eigenvalue weighted by molar-refractivity contribution is 7.17. The van der Waals surface area contributed by atoms with Crippen molar-refractivity contribution in [2.45, 2.75) is 38.3 Å². The number of aromatic nitrogens is 1. The summed E-state index contributed by atoms with van der Waals surface area (Å²) in [4.78, 5) is 16.4. The van der Waals surface area contributed by atoms with Crippen LogP contribution in [0.2, 0.25) is 0 Å². The minimum atomic E-state index is -0.0912. The fourth-order valence-corrected chi connectivity index (χ4v) is 3.38. The first-order chi connectivity index (χ1) is 9.74. The van der Waals surface area contributed by atoms with Crippen molar-refractivity contribution in [3.05, 3.63) is 29.3 Å². The Labute approximate surface area is 122 Å². The van der Waals surface area contributed by atoms with E-state index in [4.69, 9.17) is 0 Å². The van der Waals surface area contributed by atoms with Crippen LogP contribution in [0.5, 0.6) is 0 Å². The summed E-state index contributed by atoms with van der Waals surface area (Å²) in [6.45, 7) is 2.89. The lowest BCUT2D eigenvalue weighted by molar-refractivity contribution is -0.123. The van der Waals surface area contributed by atoms with Crippen molar-refractivity contribution in [2.24, 2.45) is 0 Å². The van der Waals surface area contributed by atoms with Crippen LogP contribution in [0, 0.1) is 0 Å². The molecule has 2 aromatic rings. The third-order valence-corrected chi connectivity index (χ3v) is 4.66. The minimum absolute atomic E-state index is 0.0912. The number of nitrogens with zero attached hydrogens (tertiary/aromatic N) is 1. The van der Waals surface area contributed by atoms with Gasteiger partial charge in [0.05, 0.1) is 16.3 Å². The van der Waals surface area contributed by atoms with E-state index in [1.807, 2.05) is 12.3 Å². The molecule has 1 saturated heterocycles. The van der Waals surface area contributed by atoms with Crippen LogP contribution in [0.4, 0.5) is 0 Å². The molecule has 0 radical (unpaired) electrons. The first-order valence-corrected chi connectivity index (χ1v) is 7.99. The van der Waals surface area contributed by atoms with Gasteiger partial charge in [-0.1, -0.05) is 0 Å². The van der Waals surface area contributed by atoms with Crippen molar-refractivity contribution in [3.63, 3.8) is 0 Å². The summed E-state index contributed by atoms with van der Waals surface area (Å²) in [6, 6.07) is 4.23. The van der Waals surface area contributed by atoms with E-state index >= 15 is 0 Å². The normalized spacial score (nSPS) is 21.4. The van der Waals surface area contributed by atoms with Gasteiger partial charge in [-0.25, -0.2) is 0 Å². The number of fused-ring (bicyclic) bond motifs is 1. The Kier molecular flexibility index (Phi) is 3.98. The molecule has 3 heterocycles. The minimum Gasteiger partial charge on any atom is -0.355 e. The number of carbonyl (C=O) groups is 1. The monoisotopic (exact) mass is 289 g/mol. The number of hydrogen-bond acceptors (Lipinski definition) is 4. The molecule has 1 amide bonds. The third-order valence-electron chi connectivity index (χ3n) is 3.81. The average molecular weight is 289 g/mol. The van der Waals surface area contributed by atoms with Gasteiger partial charge in [0, 0.05) is 18.8 Å². The smallest absolute Gasteiger partial charge is 0.237 e. The average Bonchev–Trinajstić information content (AvgIpc) is 2.83. The van der Waals surface area contributed by atoms with Gasteiger partial charge >= 0.3 is 0 Å². The second-order valence-corrected chi connectivity index (χ2v) is 6.25. The van der Waals surface area contributed by atoms with Crippen LogP contribution in [0.3, 0.4) is 0 Å². The summed E-state index contributed by atoms with van der Waals surface area (Å²) in [5.41, 5.74) is 2.18. The summed E-state index contributed by atoms with van der Waals surface area (Å²) in [5, 5.41) is 8.45. The quantitative estimate of drug-likeness (QED) is 0.913. The summed E-state index contributed by atoms with van der Waals surface area (Å²) in [7, 11) is 0. The third kappa shape index (κ3) is 2.83. The van der Waals surface area contributed by atoms with E-state index in [1.54, 1.807) is 11.3 Å². The highest BCUT2D eigenvalue weighted by Gasteiger charge is 2.22. The predicted octanol–water partition coefficient (Wildman–Crippen LogP) is 2.62. The first kappa shape index (κ1) is 13.5. The van der Waals surface area contributed by atoms with Crippen molar-refractivity contribution in [3.8, 4) is 0 Å². The largest absolute Gasteiger partial charge is 0.355 e. The fraction of sp³-hybridized carbons (Fsp3) is 0.467. The molecule has 20 heavy (non-hydrogen) atoms. The summed E-state index contributed by atoms with van der Waals surface area (Å²) >= 11 is 1.70. The molecule has 1 fully saturated rings. The molecule has 2 unspecified atom stereocenters. The molecule has 5 heteroatoms. The number of rotatable bonds is 3. The summed E-state index contributed by atoms with van der Waals surface area (Å²) in [5.74, 6) is 0.125. The van der Waals surface area contributed by atoms with E-state index in [1.165, 1.54) is 4.70 Å². The molecule has 106 valence electrons. The van der Waals surface area contributed by atoms with Gasteiger partial charge in [-0.15, -0.1) is 11.3 Å². The SMILES string of the molecule is CC(NC1CCCCNC1=O)c1cnc2ccsc2c1. The summed E-state index contributed by atoms with van der Waals surface area (Å²) < 4.78 is 1.20. The number of pyridine rings is 1. The van der Waals surface area contributed by atoms with E-state index in [-0.39, 0.29) is 18.0 Å². The van der Waals surface area contributed by atoms with Crippen LogP contribution < -0.4 is 10.6 Å². The van der Waals surface area contributed by atoms with Crippen LogP contribution in [-0.4, -0.2) is 23.5 Å². The van der Waals surface area contributed by atoms with Gasteiger partial charge in [-0.3, -0.25) is 15.1 Å². The molecule has 2 N–H and O–H groups in total. The fourth-order valence-electron chi connectivity index (χ4n) is 2.59. The number of nitrogens with one attached hydrogen (secondary N) is 2. The van der Waals surface area contributed by atoms with Gasteiger partial charge in [0.2, 0.25) is 5.91 Å². The maximum absolute atomic E-state index is 12.0. The van der Waals surface area contributed by atoms with Crippen LogP contribution in [0.15, 0.2) is 23.7 Å². The van der Waals surface area contributed by atoms with Crippen LogP contribution in [0.25, 0.3) is 10.2 Å². The van der Waals surface area contributed by atoms with Gasteiger partial charge < -0.3 is 5.32 Å². The van der Waals surface area contributed by atoms with E-state index in [9.17, 15) is 4.79 Å². The Morgan fingerprint density at radius 1 is 1.50 bits per heavy atom. The molecule has 3 rings (SSSR count).